The van der Waals surface area contributed by atoms with Gasteiger partial charge in [-0.2, -0.15) is 0 Å². The quantitative estimate of drug-likeness (QED) is 0.866. The lowest BCUT2D eigenvalue weighted by atomic mass is 10.2. The molecule has 0 bridgehead atoms. The number of halogens is 1. The van der Waals surface area contributed by atoms with Crippen molar-refractivity contribution >= 4 is 5.69 Å². The van der Waals surface area contributed by atoms with Crippen LogP contribution in [0.3, 0.4) is 0 Å². The molecule has 0 saturated heterocycles. The molecule has 3 nitrogen and oxygen atoms in total. The summed E-state index contributed by atoms with van der Waals surface area (Å²) in [4.78, 5) is 3.92. The Kier molecular flexibility index (Phi) is 5.48. The lowest BCUT2D eigenvalue weighted by Crippen LogP contribution is -2.37. The largest absolute Gasteiger partial charge is 0.372 e. The number of hydrogen-bond donors (Lipinski definition) is 1. The molecule has 1 N–H and O–H groups in total. The van der Waals surface area contributed by atoms with Gasteiger partial charge in [-0.15, -0.1) is 0 Å². The fourth-order valence-corrected chi connectivity index (χ4v) is 2.12. The highest BCUT2D eigenvalue weighted by Gasteiger charge is 2.09. The summed E-state index contributed by atoms with van der Waals surface area (Å²) in [6, 6.07) is 7.86. The van der Waals surface area contributed by atoms with Crippen LogP contribution in [-0.2, 0) is 0 Å². The van der Waals surface area contributed by atoms with Crippen LogP contribution in [0, 0.1) is 11.8 Å². The minimum Gasteiger partial charge on any atom is -0.372 e. The van der Waals surface area contributed by atoms with E-state index in [4.69, 9.17) is 0 Å². The Balaban J connectivity index is 2.08. The maximum absolute atomic E-state index is 12.4. The van der Waals surface area contributed by atoms with E-state index in [0.29, 0.717) is 6.54 Å². The van der Waals surface area contributed by atoms with Gasteiger partial charge in [0.25, 0.3) is 0 Å². The minimum absolute atomic E-state index is 0.0520. The van der Waals surface area contributed by atoms with Crippen molar-refractivity contribution in [2.24, 2.45) is 0 Å². The van der Waals surface area contributed by atoms with E-state index in [1.807, 2.05) is 73.4 Å². The molecular weight excluding hydrogens is 277 g/mol. The molecule has 1 aromatic carbocycles. The van der Waals surface area contributed by atoms with E-state index in [1.165, 1.54) is 0 Å². The minimum atomic E-state index is -0.349. The fraction of sp³-hybridized carbons (Fsp3) is 0.333. The lowest BCUT2D eigenvalue weighted by Gasteiger charge is -2.22. The van der Waals surface area contributed by atoms with Crippen LogP contribution >= 0.6 is 0 Å². The van der Waals surface area contributed by atoms with Crippen LogP contribution in [0.5, 0.6) is 0 Å². The van der Waals surface area contributed by atoms with Gasteiger partial charge in [-0.25, -0.2) is 4.39 Å². The van der Waals surface area contributed by atoms with Crippen LogP contribution in [-0.4, -0.2) is 38.4 Å². The van der Waals surface area contributed by atoms with Crippen molar-refractivity contribution in [2.45, 2.75) is 13.1 Å². The molecule has 22 heavy (non-hydrogen) atoms. The highest BCUT2D eigenvalue weighted by molar-refractivity contribution is 5.50. The van der Waals surface area contributed by atoms with Gasteiger partial charge in [0.1, 0.15) is 6.67 Å². The topological polar surface area (TPSA) is 18.5 Å². The zero-order chi connectivity index (χ0) is 15.9. The summed E-state index contributed by atoms with van der Waals surface area (Å²) in [5.74, 6) is 6.41. The SMILES string of the molecule is CC1=CC=CN(C)C(C#Cc2ccc(N(C)CCF)cc2)N1. The summed E-state index contributed by atoms with van der Waals surface area (Å²) in [7, 11) is 3.87. The maximum Gasteiger partial charge on any atom is 0.163 e. The first kappa shape index (κ1) is 16.0. The number of allylic oxidation sites excluding steroid dienone is 3. The third-order valence-electron chi connectivity index (χ3n) is 3.52. The highest BCUT2D eigenvalue weighted by atomic mass is 19.1. The number of anilines is 1. The van der Waals surface area contributed by atoms with Gasteiger partial charge >= 0.3 is 0 Å². The molecule has 2 rings (SSSR count). The molecule has 0 aliphatic carbocycles. The van der Waals surface area contributed by atoms with Gasteiger partial charge in [0.05, 0.1) is 0 Å². The van der Waals surface area contributed by atoms with Crippen LogP contribution in [0.25, 0.3) is 0 Å². The molecule has 1 aromatic rings. The van der Waals surface area contributed by atoms with Crippen molar-refractivity contribution in [3.8, 4) is 11.8 Å². The molecule has 116 valence electrons. The summed E-state index contributed by atoms with van der Waals surface area (Å²) in [5, 5.41) is 3.35. The molecule has 0 fully saturated rings. The molecule has 1 unspecified atom stereocenters. The van der Waals surface area contributed by atoms with E-state index in [2.05, 4.69) is 17.2 Å². The molecule has 1 aliphatic rings. The third-order valence-corrected chi connectivity index (χ3v) is 3.52. The summed E-state index contributed by atoms with van der Waals surface area (Å²) in [6.45, 7) is 2.07. The Labute approximate surface area is 132 Å². The van der Waals surface area contributed by atoms with Crippen molar-refractivity contribution in [3.05, 3.63) is 53.9 Å². The smallest absolute Gasteiger partial charge is 0.163 e. The first-order valence-corrected chi connectivity index (χ1v) is 7.32. The normalized spacial score (nSPS) is 17.0. The van der Waals surface area contributed by atoms with Crippen LogP contribution < -0.4 is 10.2 Å². The Hall–Kier alpha value is -2.41. The van der Waals surface area contributed by atoms with Gasteiger partial charge in [-0.1, -0.05) is 11.8 Å². The molecule has 0 saturated carbocycles. The lowest BCUT2D eigenvalue weighted by molar-refractivity contribution is 0.363. The Morgan fingerprint density at radius 3 is 2.73 bits per heavy atom. The number of alkyl halides is 1. The average molecular weight is 299 g/mol. The van der Waals surface area contributed by atoms with Crippen molar-refractivity contribution in [1.82, 2.24) is 10.2 Å². The standard InChI is InChI=1S/C18H22FN3/c1-15-5-4-13-22(3)18(20-15)11-8-16-6-9-17(10-7-16)21(2)14-12-19/h4-7,9-10,13,18,20H,12,14H2,1-3H3. The van der Waals surface area contributed by atoms with Crippen molar-refractivity contribution in [3.63, 3.8) is 0 Å². The predicted molar refractivity (Wildman–Crippen MR) is 90.1 cm³/mol. The van der Waals surface area contributed by atoms with Crippen molar-refractivity contribution in [2.75, 3.05) is 32.2 Å². The van der Waals surface area contributed by atoms with E-state index in [-0.39, 0.29) is 12.8 Å². The summed E-state index contributed by atoms with van der Waals surface area (Å²) < 4.78 is 12.4. The fourth-order valence-electron chi connectivity index (χ4n) is 2.12. The number of benzene rings is 1. The first-order valence-electron chi connectivity index (χ1n) is 7.32. The number of rotatable bonds is 3. The molecule has 0 amide bonds. The van der Waals surface area contributed by atoms with E-state index in [9.17, 15) is 4.39 Å². The van der Waals surface area contributed by atoms with Crippen molar-refractivity contribution < 1.29 is 4.39 Å². The van der Waals surface area contributed by atoms with E-state index >= 15 is 0 Å². The number of nitrogens with zero attached hydrogens (tertiary/aromatic N) is 2. The maximum atomic E-state index is 12.4. The third kappa shape index (κ3) is 4.29. The number of nitrogens with one attached hydrogen (secondary N) is 1. The van der Waals surface area contributed by atoms with Gasteiger partial charge in [0.2, 0.25) is 0 Å². The molecule has 0 spiro atoms. The van der Waals surface area contributed by atoms with Gasteiger partial charge in [0, 0.05) is 43.8 Å². The average Bonchev–Trinajstić information content (AvgIpc) is 2.67. The Bertz CT molecular complexity index is 607. The molecule has 0 radical (unpaired) electrons. The second-order valence-corrected chi connectivity index (χ2v) is 5.33. The Morgan fingerprint density at radius 2 is 2.05 bits per heavy atom. The zero-order valence-electron chi connectivity index (χ0n) is 13.3. The second kappa shape index (κ2) is 7.56. The van der Waals surface area contributed by atoms with Crippen LogP contribution in [0.1, 0.15) is 12.5 Å². The van der Waals surface area contributed by atoms with Crippen LogP contribution in [0.15, 0.2) is 48.3 Å². The van der Waals surface area contributed by atoms with Gasteiger partial charge < -0.3 is 15.1 Å². The number of hydrogen-bond acceptors (Lipinski definition) is 3. The molecule has 1 aliphatic heterocycles. The van der Waals surface area contributed by atoms with Gasteiger partial charge in [-0.05, 0) is 43.3 Å². The molecule has 1 atom stereocenters. The van der Waals surface area contributed by atoms with Crippen LogP contribution in [0.2, 0.25) is 0 Å². The van der Waals surface area contributed by atoms with Crippen molar-refractivity contribution in [1.29, 1.82) is 0 Å². The van der Waals surface area contributed by atoms with E-state index in [1.54, 1.807) is 0 Å². The van der Waals surface area contributed by atoms with Gasteiger partial charge in [0.15, 0.2) is 6.17 Å². The van der Waals surface area contributed by atoms with E-state index < -0.39 is 0 Å². The molecular formula is C18H22FN3. The second-order valence-electron chi connectivity index (χ2n) is 5.33. The highest BCUT2D eigenvalue weighted by Crippen LogP contribution is 2.13. The molecule has 1 heterocycles. The summed E-state index contributed by atoms with van der Waals surface area (Å²) >= 11 is 0. The summed E-state index contributed by atoms with van der Waals surface area (Å²) in [6.07, 6.45) is 5.97. The van der Waals surface area contributed by atoms with E-state index in [0.717, 1.165) is 16.9 Å². The van der Waals surface area contributed by atoms with Gasteiger partial charge in [-0.3, -0.25) is 0 Å². The van der Waals surface area contributed by atoms with Crippen LogP contribution in [0.4, 0.5) is 10.1 Å². The first-order chi connectivity index (χ1) is 10.6. The summed E-state index contributed by atoms with van der Waals surface area (Å²) in [5.41, 5.74) is 3.03. The zero-order valence-corrected chi connectivity index (χ0v) is 13.3. The predicted octanol–water partition coefficient (Wildman–Crippen LogP) is 2.72. The molecule has 0 aromatic heterocycles. The monoisotopic (exact) mass is 299 g/mol. The Morgan fingerprint density at radius 1 is 1.32 bits per heavy atom. The molecule has 4 heteroatoms.